The third-order valence-electron chi connectivity index (χ3n) is 8.86. The molecule has 3 heterocycles. The summed E-state index contributed by atoms with van der Waals surface area (Å²) in [6.07, 6.45) is 9.97. The molecule has 3 aliphatic heterocycles. The Bertz CT molecular complexity index is 1580. The Balaban J connectivity index is 1.58. The van der Waals surface area contributed by atoms with Crippen LogP contribution in [0.2, 0.25) is 0 Å². The number of ether oxygens (including phenoxy) is 1. The van der Waals surface area contributed by atoms with E-state index < -0.39 is 0 Å². The van der Waals surface area contributed by atoms with Gasteiger partial charge >= 0.3 is 0 Å². The van der Waals surface area contributed by atoms with Crippen molar-refractivity contribution in [1.82, 2.24) is 0 Å². The predicted octanol–water partition coefficient (Wildman–Crippen LogP) is 9.05. The highest BCUT2D eigenvalue weighted by atomic mass is 16.5. The first-order valence-electron chi connectivity index (χ1n) is 14.2. The molecule has 204 valence electrons. The lowest BCUT2D eigenvalue weighted by Crippen LogP contribution is -2.53. The van der Waals surface area contributed by atoms with E-state index in [0.29, 0.717) is 23.0 Å². The van der Waals surface area contributed by atoms with Gasteiger partial charge in [-0.05, 0) is 123 Å². The lowest BCUT2D eigenvalue weighted by molar-refractivity contribution is 0.335. The molecule has 4 heteroatoms. The van der Waals surface area contributed by atoms with E-state index in [9.17, 15) is 5.26 Å². The molecule has 3 aliphatic rings. The SMILES string of the molecule is [C-]#[N+]C(C#N)=C1C=C(C=Cc2cc3c4c(c2)C(C)(C)CCN4C(C)(C)CC3C)OC(c2c(C)cc(C)cc2C)=C1. The van der Waals surface area contributed by atoms with Crippen molar-refractivity contribution in [1.29, 1.82) is 5.26 Å². The fourth-order valence-corrected chi connectivity index (χ4v) is 6.95. The molecule has 4 nitrogen and oxygen atoms in total. The van der Waals surface area contributed by atoms with Crippen molar-refractivity contribution >= 4 is 17.5 Å². The van der Waals surface area contributed by atoms with Crippen LogP contribution in [0.15, 0.2) is 59.5 Å². The second-order valence-corrected chi connectivity index (χ2v) is 13.0. The standard InChI is InChI=1S/C36H39N3O/c1-22-14-23(2)33(24(3)15-22)32-19-27(31(21-37)38-9)18-28(40-32)11-10-26-16-29-25(4)20-36(7,8)39-13-12-35(5,6)30(17-26)34(29)39/h10-11,14-19,25H,12-13,20H2,1-8H3. The molecule has 2 aromatic rings. The number of nitrogens with zero attached hydrogens (tertiary/aromatic N) is 3. The highest BCUT2D eigenvalue weighted by molar-refractivity contribution is 5.75. The van der Waals surface area contributed by atoms with Gasteiger partial charge < -0.3 is 9.64 Å². The molecule has 0 aliphatic carbocycles. The van der Waals surface area contributed by atoms with Crippen LogP contribution in [-0.4, -0.2) is 12.1 Å². The first-order valence-corrected chi connectivity index (χ1v) is 14.2. The van der Waals surface area contributed by atoms with E-state index in [0.717, 1.165) is 41.6 Å². The van der Waals surface area contributed by atoms with Crippen LogP contribution in [0.5, 0.6) is 0 Å². The Morgan fingerprint density at radius 2 is 1.77 bits per heavy atom. The maximum atomic E-state index is 9.64. The summed E-state index contributed by atoms with van der Waals surface area (Å²) in [6.45, 7) is 26.7. The number of benzene rings is 2. The summed E-state index contributed by atoms with van der Waals surface area (Å²) in [4.78, 5) is 6.12. The smallest absolute Gasteiger partial charge is 0.269 e. The summed E-state index contributed by atoms with van der Waals surface area (Å²) < 4.78 is 6.43. The van der Waals surface area contributed by atoms with Crippen molar-refractivity contribution in [3.05, 3.63) is 110 Å². The summed E-state index contributed by atoms with van der Waals surface area (Å²) in [6, 6.07) is 11.0. The number of aryl methyl sites for hydroxylation is 3. The van der Waals surface area contributed by atoms with E-state index >= 15 is 0 Å². The van der Waals surface area contributed by atoms with Crippen molar-refractivity contribution in [3.63, 3.8) is 0 Å². The minimum atomic E-state index is 0.0607. The average Bonchev–Trinajstić information content (AvgIpc) is 2.86. The number of allylic oxidation sites excluding steroid dienone is 5. The number of hydrogen-bond acceptors (Lipinski definition) is 3. The summed E-state index contributed by atoms with van der Waals surface area (Å²) in [5.41, 5.74) is 10.7. The number of rotatable bonds is 3. The van der Waals surface area contributed by atoms with Crippen LogP contribution >= 0.6 is 0 Å². The molecule has 1 unspecified atom stereocenters. The summed E-state index contributed by atoms with van der Waals surface area (Å²) in [5.74, 6) is 1.75. The third kappa shape index (κ3) is 4.77. The minimum Gasteiger partial charge on any atom is -0.457 e. The Morgan fingerprint density at radius 1 is 1.07 bits per heavy atom. The van der Waals surface area contributed by atoms with Crippen LogP contribution in [0, 0.1) is 38.7 Å². The lowest BCUT2D eigenvalue weighted by Gasteiger charge is -2.53. The van der Waals surface area contributed by atoms with Crippen LogP contribution in [0.1, 0.15) is 92.3 Å². The van der Waals surface area contributed by atoms with Crippen molar-refractivity contribution in [2.24, 2.45) is 0 Å². The predicted molar refractivity (Wildman–Crippen MR) is 165 cm³/mol. The lowest BCUT2D eigenvalue weighted by atomic mass is 9.69. The topological polar surface area (TPSA) is 40.6 Å². The summed E-state index contributed by atoms with van der Waals surface area (Å²) in [5, 5.41) is 9.64. The van der Waals surface area contributed by atoms with Gasteiger partial charge in [0.2, 0.25) is 0 Å². The maximum absolute atomic E-state index is 9.64. The van der Waals surface area contributed by atoms with Crippen molar-refractivity contribution < 1.29 is 4.74 Å². The number of nitriles is 1. The summed E-state index contributed by atoms with van der Waals surface area (Å²) in [7, 11) is 0. The van der Waals surface area contributed by atoms with Gasteiger partial charge in [0, 0.05) is 23.3 Å². The number of anilines is 1. The van der Waals surface area contributed by atoms with Crippen LogP contribution in [0.25, 0.3) is 16.7 Å². The zero-order valence-electron chi connectivity index (χ0n) is 25.1. The molecule has 0 saturated heterocycles. The van der Waals surface area contributed by atoms with Gasteiger partial charge in [-0.15, -0.1) is 0 Å². The van der Waals surface area contributed by atoms with E-state index in [2.05, 4.69) is 102 Å². The highest BCUT2D eigenvalue weighted by Gasteiger charge is 2.43. The normalized spacial score (nSPS) is 21.9. The van der Waals surface area contributed by atoms with Crippen molar-refractivity contribution in [2.45, 2.75) is 85.1 Å². The highest BCUT2D eigenvalue weighted by Crippen LogP contribution is 2.52. The quantitative estimate of drug-likeness (QED) is 0.294. The molecule has 40 heavy (non-hydrogen) atoms. The van der Waals surface area contributed by atoms with E-state index in [1.807, 2.05) is 12.2 Å². The molecule has 0 fully saturated rings. The van der Waals surface area contributed by atoms with Gasteiger partial charge in [0.25, 0.3) is 5.70 Å². The molecule has 0 bridgehead atoms. The first kappa shape index (κ1) is 27.5. The monoisotopic (exact) mass is 529 g/mol. The molecule has 0 saturated carbocycles. The van der Waals surface area contributed by atoms with E-state index in [-0.39, 0.29) is 16.7 Å². The van der Waals surface area contributed by atoms with Gasteiger partial charge in [-0.25, -0.2) is 10.1 Å². The van der Waals surface area contributed by atoms with Crippen LogP contribution < -0.4 is 4.90 Å². The Morgan fingerprint density at radius 3 is 2.42 bits per heavy atom. The van der Waals surface area contributed by atoms with E-state index in [1.54, 1.807) is 6.08 Å². The Hall–Kier alpha value is -4.02. The van der Waals surface area contributed by atoms with Crippen LogP contribution in [-0.2, 0) is 10.2 Å². The van der Waals surface area contributed by atoms with E-state index in [4.69, 9.17) is 11.3 Å². The van der Waals surface area contributed by atoms with Crippen LogP contribution in [0.3, 0.4) is 0 Å². The van der Waals surface area contributed by atoms with Gasteiger partial charge in [0.15, 0.2) is 0 Å². The zero-order valence-corrected chi connectivity index (χ0v) is 25.1. The molecular formula is C36H39N3O. The molecule has 0 aromatic heterocycles. The molecule has 5 rings (SSSR count). The van der Waals surface area contributed by atoms with Crippen molar-refractivity contribution in [2.75, 3.05) is 11.4 Å². The second kappa shape index (κ2) is 9.87. The van der Waals surface area contributed by atoms with Gasteiger partial charge in [0.05, 0.1) is 12.6 Å². The molecule has 0 radical (unpaired) electrons. The molecule has 0 spiro atoms. The fourth-order valence-electron chi connectivity index (χ4n) is 6.95. The number of hydrogen-bond donors (Lipinski definition) is 0. The average molecular weight is 530 g/mol. The third-order valence-corrected chi connectivity index (χ3v) is 8.86. The second-order valence-electron chi connectivity index (χ2n) is 13.0. The molecule has 2 aromatic carbocycles. The first-order chi connectivity index (χ1) is 18.8. The Labute approximate surface area is 239 Å². The minimum absolute atomic E-state index is 0.0607. The van der Waals surface area contributed by atoms with E-state index in [1.165, 1.54) is 22.4 Å². The largest absolute Gasteiger partial charge is 0.457 e. The van der Waals surface area contributed by atoms with Gasteiger partial charge in [-0.2, -0.15) is 0 Å². The van der Waals surface area contributed by atoms with Crippen LogP contribution in [0.4, 0.5) is 5.69 Å². The Kier molecular flexibility index (Phi) is 6.79. The maximum Gasteiger partial charge on any atom is 0.269 e. The molecule has 0 N–H and O–H groups in total. The molecular weight excluding hydrogens is 490 g/mol. The molecule has 1 atom stereocenters. The fraction of sp³-hybridized carbons (Fsp3) is 0.389. The molecule has 0 amide bonds. The van der Waals surface area contributed by atoms with Crippen molar-refractivity contribution in [3.8, 4) is 6.07 Å². The van der Waals surface area contributed by atoms with Gasteiger partial charge in [-0.1, -0.05) is 44.5 Å². The van der Waals surface area contributed by atoms with Gasteiger partial charge in [0.1, 0.15) is 11.5 Å². The van der Waals surface area contributed by atoms with Gasteiger partial charge in [-0.3, -0.25) is 0 Å². The zero-order chi connectivity index (χ0) is 29.0. The summed E-state index contributed by atoms with van der Waals surface area (Å²) >= 11 is 0.